The van der Waals surface area contributed by atoms with Crippen LogP contribution in [0.15, 0.2) is 72.8 Å². The largest absolute Gasteiger partial charge is 0.481 e. The highest BCUT2D eigenvalue weighted by Crippen LogP contribution is 2.28. The smallest absolute Gasteiger partial charge is 0.303 e. The van der Waals surface area contributed by atoms with Crippen molar-refractivity contribution in [3.05, 3.63) is 87.8 Å². The van der Waals surface area contributed by atoms with Gasteiger partial charge in [0.1, 0.15) is 5.82 Å². The van der Waals surface area contributed by atoms with Crippen molar-refractivity contribution in [2.75, 3.05) is 0 Å². The highest BCUT2D eigenvalue weighted by Gasteiger charge is 2.18. The fraction of sp³-hybridized carbons (Fsp3) is 0.130. The number of hydrogen-bond acceptors (Lipinski definition) is 2. The van der Waals surface area contributed by atoms with E-state index >= 15 is 0 Å². The zero-order valence-electron chi connectivity index (χ0n) is 15.5. The number of carboxylic acids is 1. The number of carbonyl (C=O) groups is 1. The van der Waals surface area contributed by atoms with Gasteiger partial charge in [-0.05, 0) is 57.5 Å². The Kier molecular flexibility index (Phi) is 6.92. The van der Waals surface area contributed by atoms with Crippen molar-refractivity contribution in [3.63, 3.8) is 0 Å². The molecule has 6 heteroatoms. The second-order valence-electron chi connectivity index (χ2n) is 6.83. The number of hydrogen-bond donors (Lipinski definition) is 2. The minimum Gasteiger partial charge on any atom is -0.481 e. The number of halogens is 2. The molecule has 1 heterocycles. The molecule has 1 unspecified atom stereocenters. The Hall–Kier alpha value is -2.38. The Labute approximate surface area is 188 Å². The molecule has 29 heavy (non-hydrogen) atoms. The predicted octanol–water partition coefficient (Wildman–Crippen LogP) is 6.06. The molecular weight excluding hydrogens is 499 g/mol. The molecule has 4 nitrogen and oxygen atoms in total. The van der Waals surface area contributed by atoms with Crippen molar-refractivity contribution in [2.24, 2.45) is 0 Å². The number of aromatic amines is 1. The first-order valence-electron chi connectivity index (χ1n) is 9.10. The van der Waals surface area contributed by atoms with Gasteiger partial charge in [-0.3, -0.25) is 4.79 Å². The van der Waals surface area contributed by atoms with Crippen LogP contribution in [0.4, 0.5) is 0 Å². The summed E-state index contributed by atoms with van der Waals surface area (Å²) in [6.45, 7) is 0. The van der Waals surface area contributed by atoms with Crippen LogP contribution in [-0.4, -0.2) is 21.0 Å². The van der Waals surface area contributed by atoms with Gasteiger partial charge in [0, 0.05) is 15.9 Å². The van der Waals surface area contributed by atoms with Gasteiger partial charge in [0.2, 0.25) is 0 Å². The quantitative estimate of drug-likeness (QED) is 0.305. The molecule has 4 aromatic rings. The molecule has 0 saturated carbocycles. The standard InChI is InChI=1S/C23H19IN2O2.ClH/c24-19-10-11-20-21(14-19)26-22(25-20)12-18(13-23(27)28)17-8-6-16(7-9-17)15-4-2-1-3-5-15;/h1-11,14,18H,12-13H2,(H,25,26)(H,27,28);1H. The van der Waals surface area contributed by atoms with E-state index in [2.05, 4.69) is 56.8 Å². The van der Waals surface area contributed by atoms with Crippen molar-refractivity contribution in [1.29, 1.82) is 0 Å². The molecule has 148 valence electrons. The van der Waals surface area contributed by atoms with Gasteiger partial charge in [-0.1, -0.05) is 54.6 Å². The van der Waals surface area contributed by atoms with Crippen LogP contribution in [0, 0.1) is 3.57 Å². The summed E-state index contributed by atoms with van der Waals surface area (Å²) < 4.78 is 1.14. The summed E-state index contributed by atoms with van der Waals surface area (Å²) in [6, 6.07) is 24.4. The third-order valence-corrected chi connectivity index (χ3v) is 5.51. The molecule has 0 aliphatic carbocycles. The summed E-state index contributed by atoms with van der Waals surface area (Å²) in [5.74, 6) is -0.125. The molecule has 2 N–H and O–H groups in total. The molecule has 0 aliphatic rings. The summed E-state index contributed by atoms with van der Waals surface area (Å²) in [7, 11) is 0. The van der Waals surface area contributed by atoms with Crippen molar-refractivity contribution < 1.29 is 9.90 Å². The van der Waals surface area contributed by atoms with Gasteiger partial charge < -0.3 is 10.1 Å². The van der Waals surface area contributed by atoms with Crippen LogP contribution in [-0.2, 0) is 11.2 Å². The van der Waals surface area contributed by atoms with Crippen LogP contribution in [0.2, 0.25) is 0 Å². The maximum Gasteiger partial charge on any atom is 0.303 e. The molecular formula is C23H20ClIN2O2. The lowest BCUT2D eigenvalue weighted by molar-refractivity contribution is -0.137. The van der Waals surface area contributed by atoms with Crippen molar-refractivity contribution in [2.45, 2.75) is 18.8 Å². The first-order chi connectivity index (χ1) is 13.6. The van der Waals surface area contributed by atoms with Crippen LogP contribution < -0.4 is 0 Å². The van der Waals surface area contributed by atoms with Crippen LogP contribution in [0.5, 0.6) is 0 Å². The first kappa shape index (κ1) is 21.3. The summed E-state index contributed by atoms with van der Waals surface area (Å²) in [5.41, 5.74) is 5.17. The lowest BCUT2D eigenvalue weighted by Gasteiger charge is -2.15. The zero-order chi connectivity index (χ0) is 19.5. The lowest BCUT2D eigenvalue weighted by atomic mass is 9.91. The van der Waals surface area contributed by atoms with Crippen LogP contribution in [0.1, 0.15) is 23.7 Å². The van der Waals surface area contributed by atoms with E-state index in [1.165, 1.54) is 0 Å². The number of rotatable bonds is 6. The maximum atomic E-state index is 11.4. The van der Waals surface area contributed by atoms with Crippen molar-refractivity contribution in [1.82, 2.24) is 9.97 Å². The van der Waals surface area contributed by atoms with Crippen molar-refractivity contribution in [3.8, 4) is 11.1 Å². The minimum absolute atomic E-state index is 0. The van der Waals surface area contributed by atoms with Gasteiger partial charge >= 0.3 is 5.97 Å². The number of imidazole rings is 1. The monoisotopic (exact) mass is 518 g/mol. The van der Waals surface area contributed by atoms with Gasteiger partial charge in [0.05, 0.1) is 17.5 Å². The second-order valence-corrected chi connectivity index (χ2v) is 8.08. The van der Waals surface area contributed by atoms with Crippen LogP contribution >= 0.6 is 35.0 Å². The third kappa shape index (κ3) is 5.16. The van der Waals surface area contributed by atoms with E-state index < -0.39 is 5.97 Å². The number of aliphatic carboxylic acids is 1. The van der Waals surface area contributed by atoms with Crippen molar-refractivity contribution >= 4 is 52.0 Å². The number of carboxylic acid groups (broad SMARTS) is 1. The number of benzene rings is 3. The highest BCUT2D eigenvalue weighted by atomic mass is 127. The number of aromatic nitrogens is 2. The molecule has 0 amide bonds. The average molecular weight is 519 g/mol. The van der Waals surface area contributed by atoms with Gasteiger partial charge in [-0.2, -0.15) is 0 Å². The molecule has 0 fully saturated rings. The van der Waals surface area contributed by atoms with Gasteiger partial charge in [0.15, 0.2) is 0 Å². The van der Waals surface area contributed by atoms with Gasteiger partial charge in [-0.25, -0.2) is 4.98 Å². The van der Waals surface area contributed by atoms with E-state index in [1.54, 1.807) is 0 Å². The molecule has 1 atom stereocenters. The highest BCUT2D eigenvalue weighted by molar-refractivity contribution is 14.1. The van der Waals surface area contributed by atoms with Gasteiger partial charge in [-0.15, -0.1) is 12.4 Å². The van der Waals surface area contributed by atoms with Crippen LogP contribution in [0.25, 0.3) is 22.2 Å². The average Bonchev–Trinajstić information content (AvgIpc) is 3.09. The predicted molar refractivity (Wildman–Crippen MR) is 127 cm³/mol. The third-order valence-electron chi connectivity index (χ3n) is 4.84. The van der Waals surface area contributed by atoms with E-state index in [4.69, 9.17) is 0 Å². The molecule has 3 aromatic carbocycles. The molecule has 0 aliphatic heterocycles. The number of fused-ring (bicyclic) bond motifs is 1. The molecule has 4 rings (SSSR count). The number of nitrogens with zero attached hydrogens (tertiary/aromatic N) is 1. The first-order valence-corrected chi connectivity index (χ1v) is 10.2. The molecule has 0 saturated heterocycles. The molecule has 1 aromatic heterocycles. The van der Waals surface area contributed by atoms with E-state index in [-0.39, 0.29) is 24.7 Å². The number of nitrogens with one attached hydrogen (secondary N) is 1. The summed E-state index contributed by atoms with van der Waals surface area (Å²) in [6.07, 6.45) is 0.626. The fourth-order valence-corrected chi connectivity index (χ4v) is 3.95. The summed E-state index contributed by atoms with van der Waals surface area (Å²) in [4.78, 5) is 19.4. The summed E-state index contributed by atoms with van der Waals surface area (Å²) in [5, 5.41) is 9.40. The van der Waals surface area contributed by atoms with E-state index in [0.717, 1.165) is 37.1 Å². The topological polar surface area (TPSA) is 66.0 Å². The fourth-order valence-electron chi connectivity index (χ4n) is 3.46. The normalized spacial score (nSPS) is 11.8. The molecule has 0 radical (unpaired) electrons. The Balaban J connectivity index is 0.00000240. The Bertz CT molecular complexity index is 1110. The molecule has 0 spiro atoms. The second kappa shape index (κ2) is 9.41. The van der Waals surface area contributed by atoms with E-state index in [9.17, 15) is 9.90 Å². The Morgan fingerprint density at radius 3 is 2.38 bits per heavy atom. The Morgan fingerprint density at radius 2 is 1.69 bits per heavy atom. The SMILES string of the molecule is Cl.O=C(O)CC(Cc1nc2ccc(I)cc2[nH]1)c1ccc(-c2ccccc2)cc1. The Morgan fingerprint density at radius 1 is 1.00 bits per heavy atom. The van der Waals surface area contributed by atoms with Crippen LogP contribution in [0.3, 0.4) is 0 Å². The van der Waals surface area contributed by atoms with Gasteiger partial charge in [0.25, 0.3) is 0 Å². The summed E-state index contributed by atoms with van der Waals surface area (Å²) >= 11 is 2.27. The van der Waals surface area contributed by atoms with E-state index in [0.29, 0.717) is 6.42 Å². The lowest BCUT2D eigenvalue weighted by Crippen LogP contribution is -2.10. The number of H-pyrrole nitrogens is 1. The van der Waals surface area contributed by atoms with E-state index in [1.807, 2.05) is 48.5 Å². The zero-order valence-corrected chi connectivity index (χ0v) is 18.5. The molecule has 0 bridgehead atoms. The minimum atomic E-state index is -0.803. The maximum absolute atomic E-state index is 11.4.